The highest BCUT2D eigenvalue weighted by Gasteiger charge is 2.21. The van der Waals surface area contributed by atoms with Crippen molar-refractivity contribution in [3.63, 3.8) is 0 Å². The Morgan fingerprint density at radius 3 is 2.64 bits per heavy atom. The van der Waals surface area contributed by atoms with E-state index in [-0.39, 0.29) is 30.0 Å². The quantitative estimate of drug-likeness (QED) is 0.723. The third-order valence-corrected chi connectivity index (χ3v) is 5.03. The molecule has 8 heteroatoms. The van der Waals surface area contributed by atoms with Crippen molar-refractivity contribution in [2.45, 2.75) is 53.1 Å². The largest absolute Gasteiger partial charge is 0.326 e. The van der Waals surface area contributed by atoms with E-state index in [0.29, 0.717) is 27.6 Å². The number of nitrogens with one attached hydrogen (secondary N) is 1. The number of aryl methyl sites for hydroxylation is 1. The molecule has 0 aliphatic rings. The fraction of sp³-hybridized carbons (Fsp3) is 0.400. The average molecular weight is 402 g/mol. The van der Waals surface area contributed by atoms with Gasteiger partial charge in [0.1, 0.15) is 11.2 Å². The first-order valence-electron chi connectivity index (χ1n) is 9.10. The predicted octanol–water partition coefficient (Wildman–Crippen LogP) is 3.65. The molecule has 0 saturated heterocycles. The van der Waals surface area contributed by atoms with E-state index in [1.807, 2.05) is 27.7 Å². The van der Waals surface area contributed by atoms with Gasteiger partial charge in [-0.1, -0.05) is 17.7 Å². The van der Waals surface area contributed by atoms with Crippen molar-refractivity contribution in [1.29, 1.82) is 0 Å². The summed E-state index contributed by atoms with van der Waals surface area (Å²) in [6.07, 6.45) is 1.69. The minimum atomic E-state index is -0.283. The van der Waals surface area contributed by atoms with Crippen LogP contribution in [0.4, 0.5) is 5.69 Å². The molecule has 3 aromatic rings. The van der Waals surface area contributed by atoms with Crippen LogP contribution >= 0.6 is 11.6 Å². The summed E-state index contributed by atoms with van der Waals surface area (Å²) in [5.74, 6) is 0.359. The maximum absolute atomic E-state index is 12.9. The van der Waals surface area contributed by atoms with Crippen molar-refractivity contribution in [3.8, 4) is 0 Å². The van der Waals surface area contributed by atoms with Crippen LogP contribution < -0.4 is 10.9 Å². The van der Waals surface area contributed by atoms with Crippen LogP contribution in [0.15, 0.2) is 29.2 Å². The second-order valence-electron chi connectivity index (χ2n) is 7.79. The maximum atomic E-state index is 12.9. The summed E-state index contributed by atoms with van der Waals surface area (Å²) in [4.78, 5) is 29.8. The van der Waals surface area contributed by atoms with Gasteiger partial charge in [-0.25, -0.2) is 9.67 Å². The van der Waals surface area contributed by atoms with Crippen LogP contribution in [0.25, 0.3) is 11.0 Å². The number of aromatic nitrogens is 4. The molecule has 2 aromatic heterocycles. The van der Waals surface area contributed by atoms with E-state index in [1.54, 1.807) is 36.0 Å². The molecule has 148 valence electrons. The van der Waals surface area contributed by atoms with Gasteiger partial charge < -0.3 is 5.32 Å². The summed E-state index contributed by atoms with van der Waals surface area (Å²) in [5, 5.41) is 8.22. The number of halogens is 1. The maximum Gasteiger partial charge on any atom is 0.264 e. The molecule has 2 heterocycles. The molecule has 0 fully saturated rings. The summed E-state index contributed by atoms with van der Waals surface area (Å²) in [5.41, 5.74) is 1.56. The summed E-state index contributed by atoms with van der Waals surface area (Å²) in [6.45, 7) is 9.86. The van der Waals surface area contributed by atoms with Crippen molar-refractivity contribution in [2.75, 3.05) is 5.32 Å². The molecule has 7 nitrogen and oxygen atoms in total. The van der Waals surface area contributed by atoms with Gasteiger partial charge in [0.15, 0.2) is 5.65 Å². The van der Waals surface area contributed by atoms with Crippen LogP contribution in [0.1, 0.15) is 38.6 Å². The lowest BCUT2D eigenvalue weighted by Gasteiger charge is -2.20. The van der Waals surface area contributed by atoms with Crippen LogP contribution in [0.3, 0.4) is 0 Å². The Balaban J connectivity index is 1.82. The van der Waals surface area contributed by atoms with E-state index >= 15 is 0 Å². The average Bonchev–Trinajstić information content (AvgIpc) is 3.03. The van der Waals surface area contributed by atoms with Crippen LogP contribution in [-0.2, 0) is 16.9 Å². The molecule has 0 spiro atoms. The molecular weight excluding hydrogens is 378 g/mol. The van der Waals surface area contributed by atoms with Gasteiger partial charge in [-0.05, 0) is 52.3 Å². The fourth-order valence-electron chi connectivity index (χ4n) is 3.03. The second kappa shape index (κ2) is 7.39. The minimum absolute atomic E-state index is 0.146. The molecule has 0 aliphatic heterocycles. The van der Waals surface area contributed by atoms with E-state index in [1.165, 1.54) is 4.57 Å². The lowest BCUT2D eigenvalue weighted by molar-refractivity contribution is -0.116. The van der Waals surface area contributed by atoms with Crippen molar-refractivity contribution in [2.24, 2.45) is 0 Å². The number of rotatable bonds is 4. The van der Waals surface area contributed by atoms with Gasteiger partial charge in [-0.3, -0.25) is 14.2 Å². The molecule has 28 heavy (non-hydrogen) atoms. The standard InChI is InChI=1S/C20H24ClN5O2/c1-12-15(21)7-6-8-16(12)24-17(27)9-10-25-13(2)23-18-14(19(25)28)11-22-26(18)20(3,4)5/h6-8,11H,9-10H2,1-5H3,(H,24,27). The number of fused-ring (bicyclic) bond motifs is 1. The van der Waals surface area contributed by atoms with E-state index in [0.717, 1.165) is 5.56 Å². The normalized spacial score (nSPS) is 11.8. The zero-order valence-electron chi connectivity index (χ0n) is 16.7. The van der Waals surface area contributed by atoms with Gasteiger partial charge in [0.25, 0.3) is 5.56 Å². The van der Waals surface area contributed by atoms with Crippen LogP contribution in [0.5, 0.6) is 0 Å². The second-order valence-corrected chi connectivity index (χ2v) is 8.20. The number of carbonyl (C=O) groups excluding carboxylic acids is 1. The lowest BCUT2D eigenvalue weighted by Crippen LogP contribution is -2.28. The number of nitrogens with zero attached hydrogens (tertiary/aromatic N) is 4. The van der Waals surface area contributed by atoms with E-state index in [9.17, 15) is 9.59 Å². The molecule has 0 saturated carbocycles. The molecule has 3 rings (SSSR count). The monoisotopic (exact) mass is 401 g/mol. The molecule has 0 unspecified atom stereocenters. The molecule has 0 radical (unpaired) electrons. The first kappa shape index (κ1) is 20.1. The van der Waals surface area contributed by atoms with Crippen molar-refractivity contribution >= 4 is 34.2 Å². The third-order valence-electron chi connectivity index (χ3n) is 4.62. The summed E-state index contributed by atoms with van der Waals surface area (Å²) in [6, 6.07) is 5.35. The first-order valence-corrected chi connectivity index (χ1v) is 9.48. The SMILES string of the molecule is Cc1c(Cl)cccc1NC(=O)CCn1c(C)nc2c(cnn2C(C)(C)C)c1=O. The summed E-state index contributed by atoms with van der Waals surface area (Å²) < 4.78 is 3.26. The fourth-order valence-corrected chi connectivity index (χ4v) is 3.20. The minimum Gasteiger partial charge on any atom is -0.326 e. The summed E-state index contributed by atoms with van der Waals surface area (Å²) >= 11 is 6.09. The van der Waals surface area contributed by atoms with Crippen molar-refractivity contribution in [1.82, 2.24) is 19.3 Å². The predicted molar refractivity (Wildman–Crippen MR) is 111 cm³/mol. The molecule has 0 aliphatic carbocycles. The van der Waals surface area contributed by atoms with Gasteiger partial charge in [0.2, 0.25) is 5.91 Å². The van der Waals surface area contributed by atoms with Gasteiger partial charge >= 0.3 is 0 Å². The van der Waals surface area contributed by atoms with Crippen molar-refractivity contribution in [3.05, 3.63) is 51.2 Å². The number of carbonyl (C=O) groups is 1. The van der Waals surface area contributed by atoms with Gasteiger partial charge in [0.05, 0.1) is 11.7 Å². The van der Waals surface area contributed by atoms with Crippen LogP contribution in [0.2, 0.25) is 5.02 Å². The number of hydrogen-bond donors (Lipinski definition) is 1. The zero-order chi connectivity index (χ0) is 20.6. The zero-order valence-corrected chi connectivity index (χ0v) is 17.5. The van der Waals surface area contributed by atoms with E-state index in [2.05, 4.69) is 15.4 Å². The first-order chi connectivity index (χ1) is 13.1. The molecular formula is C20H24ClN5O2. The Bertz CT molecular complexity index is 1110. The smallest absolute Gasteiger partial charge is 0.264 e. The Kier molecular flexibility index (Phi) is 5.30. The summed E-state index contributed by atoms with van der Waals surface area (Å²) in [7, 11) is 0. The third kappa shape index (κ3) is 3.80. The number of benzene rings is 1. The van der Waals surface area contributed by atoms with E-state index < -0.39 is 0 Å². The highest BCUT2D eigenvalue weighted by atomic mass is 35.5. The van der Waals surface area contributed by atoms with Gasteiger partial charge in [0, 0.05) is 23.7 Å². The highest BCUT2D eigenvalue weighted by molar-refractivity contribution is 6.31. The molecule has 0 atom stereocenters. The Morgan fingerprint density at radius 2 is 1.96 bits per heavy atom. The molecule has 1 N–H and O–H groups in total. The van der Waals surface area contributed by atoms with Crippen LogP contribution in [-0.4, -0.2) is 25.2 Å². The van der Waals surface area contributed by atoms with Gasteiger partial charge in [-0.15, -0.1) is 0 Å². The topological polar surface area (TPSA) is 81.8 Å². The van der Waals surface area contributed by atoms with E-state index in [4.69, 9.17) is 11.6 Å². The highest BCUT2D eigenvalue weighted by Crippen LogP contribution is 2.23. The molecule has 0 bridgehead atoms. The Hall–Kier alpha value is -2.67. The number of hydrogen-bond acceptors (Lipinski definition) is 4. The molecule has 1 amide bonds. The Morgan fingerprint density at radius 1 is 1.25 bits per heavy atom. The van der Waals surface area contributed by atoms with Crippen LogP contribution in [0, 0.1) is 13.8 Å². The lowest BCUT2D eigenvalue weighted by atomic mass is 10.1. The van der Waals surface area contributed by atoms with Crippen molar-refractivity contribution < 1.29 is 4.79 Å². The number of anilines is 1. The van der Waals surface area contributed by atoms with Gasteiger partial charge in [-0.2, -0.15) is 5.10 Å². The molecule has 1 aromatic carbocycles. The number of amides is 1. The Labute approximate surface area is 168 Å².